The summed E-state index contributed by atoms with van der Waals surface area (Å²) in [7, 11) is -1.69. The summed E-state index contributed by atoms with van der Waals surface area (Å²) in [6.45, 7) is 0.886. The largest absolute Gasteiger partial charge is 0.493 e. The van der Waals surface area contributed by atoms with E-state index in [1.54, 1.807) is 25.3 Å². The van der Waals surface area contributed by atoms with E-state index in [2.05, 4.69) is 15.4 Å². The molecule has 0 spiro atoms. The Kier molecular flexibility index (Phi) is 6.38. The molecule has 0 aromatic carbocycles. The van der Waals surface area contributed by atoms with Gasteiger partial charge in [0.25, 0.3) is 5.91 Å². The Labute approximate surface area is 148 Å². The highest BCUT2D eigenvalue weighted by Crippen LogP contribution is 2.30. The lowest BCUT2D eigenvalue weighted by molar-refractivity contribution is -0.117. The van der Waals surface area contributed by atoms with Crippen molar-refractivity contribution in [3.05, 3.63) is 35.3 Å². The molecule has 0 saturated heterocycles. The number of amides is 1. The normalized spacial score (nSPS) is 19.3. The average Bonchev–Trinajstić information content (AvgIpc) is 3.36. The number of sulfonamides is 1. The van der Waals surface area contributed by atoms with E-state index in [-0.39, 0.29) is 24.5 Å². The first-order valence-corrected chi connectivity index (χ1v) is 9.95. The van der Waals surface area contributed by atoms with E-state index in [0.29, 0.717) is 23.9 Å². The first kappa shape index (κ1) is 19.2. The van der Waals surface area contributed by atoms with Crippen LogP contribution in [0.5, 0.6) is 0 Å². The third kappa shape index (κ3) is 6.35. The molecule has 0 heterocycles. The SMILES string of the molecule is CN/C(C(=O)NCCNS(C)(=O)=O)=C1/C=C(OCC2CC2)C=CC1=N. The molecule has 1 amide bonds. The van der Waals surface area contributed by atoms with E-state index < -0.39 is 15.9 Å². The summed E-state index contributed by atoms with van der Waals surface area (Å²) in [6.07, 6.45) is 8.40. The van der Waals surface area contributed by atoms with Crippen LogP contribution in [0.4, 0.5) is 0 Å². The quantitative estimate of drug-likeness (QED) is 0.338. The van der Waals surface area contributed by atoms with Crippen molar-refractivity contribution < 1.29 is 17.9 Å². The van der Waals surface area contributed by atoms with Crippen LogP contribution in [0.3, 0.4) is 0 Å². The maximum Gasteiger partial charge on any atom is 0.268 e. The fraction of sp³-hybridized carbons (Fsp3) is 0.500. The zero-order chi connectivity index (χ0) is 18.4. The van der Waals surface area contributed by atoms with Crippen LogP contribution in [-0.4, -0.2) is 53.0 Å². The minimum Gasteiger partial charge on any atom is -0.493 e. The van der Waals surface area contributed by atoms with Crippen LogP contribution in [0.15, 0.2) is 35.3 Å². The molecular weight excluding hydrogens is 344 g/mol. The van der Waals surface area contributed by atoms with E-state index in [4.69, 9.17) is 10.1 Å². The van der Waals surface area contributed by atoms with Gasteiger partial charge in [0.1, 0.15) is 11.5 Å². The van der Waals surface area contributed by atoms with Crippen molar-refractivity contribution in [2.24, 2.45) is 5.92 Å². The topological polar surface area (TPSA) is 120 Å². The van der Waals surface area contributed by atoms with Crippen LogP contribution in [0.2, 0.25) is 0 Å². The van der Waals surface area contributed by atoms with Gasteiger partial charge in [-0.2, -0.15) is 0 Å². The van der Waals surface area contributed by atoms with Crippen molar-refractivity contribution in [1.29, 1.82) is 5.41 Å². The highest BCUT2D eigenvalue weighted by molar-refractivity contribution is 7.88. The molecule has 8 nitrogen and oxygen atoms in total. The van der Waals surface area contributed by atoms with E-state index in [1.807, 2.05) is 0 Å². The van der Waals surface area contributed by atoms with Gasteiger partial charge >= 0.3 is 0 Å². The highest BCUT2D eigenvalue weighted by Gasteiger charge is 2.23. The lowest BCUT2D eigenvalue weighted by Gasteiger charge is -2.16. The molecule has 4 N–H and O–H groups in total. The van der Waals surface area contributed by atoms with Crippen molar-refractivity contribution >= 4 is 21.6 Å². The van der Waals surface area contributed by atoms with Gasteiger partial charge in [-0.05, 0) is 37.0 Å². The number of hydrogen-bond acceptors (Lipinski definition) is 6. The first-order chi connectivity index (χ1) is 11.8. The second-order valence-corrected chi connectivity index (χ2v) is 7.84. The first-order valence-electron chi connectivity index (χ1n) is 8.06. The van der Waals surface area contributed by atoms with Gasteiger partial charge in [-0.3, -0.25) is 4.79 Å². The van der Waals surface area contributed by atoms with Gasteiger partial charge in [-0.15, -0.1) is 0 Å². The summed E-state index contributed by atoms with van der Waals surface area (Å²) in [5.74, 6) is 0.820. The van der Waals surface area contributed by atoms with Gasteiger partial charge in [0, 0.05) is 25.7 Å². The lowest BCUT2D eigenvalue weighted by Crippen LogP contribution is -2.37. The Morgan fingerprint density at radius 1 is 1.32 bits per heavy atom. The number of carbonyl (C=O) groups excluding carboxylic acids is 1. The minimum absolute atomic E-state index is 0.0971. The Hall–Kier alpha value is -2.13. The molecule has 138 valence electrons. The van der Waals surface area contributed by atoms with Crippen molar-refractivity contribution in [2.75, 3.05) is 33.0 Å². The molecule has 9 heteroatoms. The van der Waals surface area contributed by atoms with Crippen LogP contribution in [0.1, 0.15) is 12.8 Å². The summed E-state index contributed by atoms with van der Waals surface area (Å²) in [6, 6.07) is 0. The highest BCUT2D eigenvalue weighted by atomic mass is 32.2. The van der Waals surface area contributed by atoms with Gasteiger partial charge in [0.05, 0.1) is 18.6 Å². The summed E-state index contributed by atoms with van der Waals surface area (Å²) >= 11 is 0. The van der Waals surface area contributed by atoms with Crippen molar-refractivity contribution in [3.8, 4) is 0 Å². The number of rotatable bonds is 9. The molecule has 0 atom stereocenters. The zero-order valence-corrected chi connectivity index (χ0v) is 15.2. The molecule has 2 aliphatic rings. The Morgan fingerprint density at radius 2 is 2.04 bits per heavy atom. The minimum atomic E-state index is -3.29. The monoisotopic (exact) mass is 368 g/mol. The lowest BCUT2D eigenvalue weighted by atomic mass is 10.0. The predicted molar refractivity (Wildman–Crippen MR) is 95.6 cm³/mol. The summed E-state index contributed by atoms with van der Waals surface area (Å²) in [5, 5.41) is 13.5. The molecule has 2 aliphatic carbocycles. The van der Waals surface area contributed by atoms with Crippen LogP contribution in [0.25, 0.3) is 0 Å². The van der Waals surface area contributed by atoms with E-state index in [0.717, 1.165) is 6.26 Å². The standard InChI is InChI=1S/C16H24N4O4S/c1-18-15(16(21)19-7-8-20-25(2,22)23)13-9-12(5-6-14(13)17)24-10-11-3-4-11/h5-6,9,11,17-18,20H,3-4,7-8,10H2,1-2H3,(H,19,21)/b15-13-,17-14?. The number of ether oxygens (including phenoxy) is 1. The van der Waals surface area contributed by atoms with Crippen LogP contribution in [-0.2, 0) is 19.6 Å². The van der Waals surface area contributed by atoms with E-state index >= 15 is 0 Å². The Balaban J connectivity index is 2.01. The molecule has 0 unspecified atom stereocenters. The van der Waals surface area contributed by atoms with Crippen molar-refractivity contribution in [1.82, 2.24) is 15.4 Å². The Morgan fingerprint density at radius 3 is 2.64 bits per heavy atom. The molecule has 0 radical (unpaired) electrons. The van der Waals surface area contributed by atoms with Crippen molar-refractivity contribution in [2.45, 2.75) is 12.8 Å². The smallest absolute Gasteiger partial charge is 0.268 e. The van der Waals surface area contributed by atoms with Crippen molar-refractivity contribution in [3.63, 3.8) is 0 Å². The maximum atomic E-state index is 12.3. The van der Waals surface area contributed by atoms with Crippen LogP contribution >= 0.6 is 0 Å². The number of likely N-dealkylation sites (N-methyl/N-ethyl adjacent to an activating group) is 1. The van der Waals surface area contributed by atoms with E-state index in [9.17, 15) is 13.2 Å². The van der Waals surface area contributed by atoms with Gasteiger partial charge < -0.3 is 20.8 Å². The van der Waals surface area contributed by atoms with E-state index in [1.165, 1.54) is 12.8 Å². The third-order valence-corrected chi connectivity index (χ3v) is 4.42. The molecule has 0 bridgehead atoms. The van der Waals surface area contributed by atoms with Crippen LogP contribution < -0.4 is 15.4 Å². The molecule has 0 aliphatic heterocycles. The van der Waals surface area contributed by atoms with Gasteiger partial charge in [0.15, 0.2) is 0 Å². The second-order valence-electron chi connectivity index (χ2n) is 6.01. The molecule has 0 aromatic heterocycles. The maximum absolute atomic E-state index is 12.3. The van der Waals surface area contributed by atoms with Gasteiger partial charge in [-0.1, -0.05) is 0 Å². The fourth-order valence-electron chi connectivity index (χ4n) is 2.19. The molecule has 25 heavy (non-hydrogen) atoms. The molecule has 1 saturated carbocycles. The second kappa shape index (κ2) is 8.30. The predicted octanol–water partition coefficient (Wildman–Crippen LogP) is 0.0254. The zero-order valence-electron chi connectivity index (χ0n) is 14.4. The summed E-state index contributed by atoms with van der Waals surface area (Å²) < 4.78 is 30.0. The van der Waals surface area contributed by atoms with Gasteiger partial charge in [0.2, 0.25) is 10.0 Å². The van der Waals surface area contributed by atoms with Crippen LogP contribution in [0, 0.1) is 11.3 Å². The van der Waals surface area contributed by atoms with Gasteiger partial charge in [-0.25, -0.2) is 13.1 Å². The molecular formula is C16H24N4O4S. The Bertz CT molecular complexity index is 733. The third-order valence-electron chi connectivity index (χ3n) is 3.69. The number of allylic oxidation sites excluding steroid dienone is 4. The average molecular weight is 368 g/mol. The molecule has 1 fully saturated rings. The number of nitrogens with one attached hydrogen (secondary N) is 4. The molecule has 2 rings (SSSR count). The number of carbonyl (C=O) groups is 1. The molecule has 0 aromatic rings. The summed E-state index contributed by atoms with van der Waals surface area (Å²) in [4.78, 5) is 12.3. The number of hydrogen-bond donors (Lipinski definition) is 4. The summed E-state index contributed by atoms with van der Waals surface area (Å²) in [5.41, 5.74) is 0.873. The fourth-order valence-corrected chi connectivity index (χ4v) is 2.66.